The molecule has 0 fully saturated rings. The van der Waals surface area contributed by atoms with Crippen LogP contribution in [-0.2, 0) is 9.59 Å². The number of hydrogen-bond donors (Lipinski definition) is 4. The van der Waals surface area contributed by atoms with Crippen LogP contribution in [0.2, 0.25) is 0 Å². The molecule has 6 nitrogen and oxygen atoms in total. The molecule has 4 N–H and O–H groups in total. The number of Topliss-reactive ketones (excluding diaryl/α,β-unsaturated/α-hetero) is 1. The van der Waals surface area contributed by atoms with E-state index in [-0.39, 0.29) is 18.1 Å². The molecular formula is C22H44BNO5. The maximum atomic E-state index is 12.9. The van der Waals surface area contributed by atoms with Crippen LogP contribution in [0, 0.1) is 17.3 Å². The highest BCUT2D eigenvalue weighted by Gasteiger charge is 2.35. The minimum absolute atomic E-state index is 0.0444. The van der Waals surface area contributed by atoms with Gasteiger partial charge >= 0.3 is 7.12 Å². The van der Waals surface area contributed by atoms with Crippen molar-refractivity contribution in [3.05, 3.63) is 0 Å². The molecule has 0 unspecified atom stereocenters. The number of amides is 1. The lowest BCUT2D eigenvalue weighted by atomic mass is 9.74. The van der Waals surface area contributed by atoms with Crippen molar-refractivity contribution in [3.63, 3.8) is 0 Å². The van der Waals surface area contributed by atoms with Gasteiger partial charge in [-0.15, -0.1) is 0 Å². The number of ketones is 1. The molecular weight excluding hydrogens is 369 g/mol. The van der Waals surface area contributed by atoms with E-state index in [2.05, 4.69) is 12.2 Å². The summed E-state index contributed by atoms with van der Waals surface area (Å²) in [6.07, 6.45) is 7.03. The smallest absolute Gasteiger partial charge is 0.426 e. The summed E-state index contributed by atoms with van der Waals surface area (Å²) >= 11 is 0. The lowest BCUT2D eigenvalue weighted by Crippen LogP contribution is -2.51. The number of aliphatic hydroxyl groups is 1. The van der Waals surface area contributed by atoms with Crippen LogP contribution in [0.4, 0.5) is 0 Å². The molecule has 0 aromatic carbocycles. The molecule has 0 saturated heterocycles. The van der Waals surface area contributed by atoms with Gasteiger partial charge in [0.25, 0.3) is 0 Å². The monoisotopic (exact) mass is 413 g/mol. The third kappa shape index (κ3) is 11.8. The van der Waals surface area contributed by atoms with Gasteiger partial charge in [-0.2, -0.15) is 0 Å². The number of nitrogens with one attached hydrogen (secondary N) is 1. The second kappa shape index (κ2) is 14.2. The molecule has 0 aliphatic rings. The highest BCUT2D eigenvalue weighted by atomic mass is 16.4. The predicted octanol–water partition coefficient (Wildman–Crippen LogP) is 3.26. The Bertz CT molecular complexity index is 480. The van der Waals surface area contributed by atoms with Gasteiger partial charge in [0, 0.05) is 11.8 Å². The van der Waals surface area contributed by atoms with Gasteiger partial charge in [-0.25, -0.2) is 0 Å². The first kappa shape index (κ1) is 28.1. The van der Waals surface area contributed by atoms with Gasteiger partial charge in [-0.05, 0) is 25.7 Å². The number of rotatable bonds is 16. The number of unbranched alkanes of at least 4 members (excludes halogenated alkanes) is 5. The average Bonchev–Trinajstić information content (AvgIpc) is 2.60. The van der Waals surface area contributed by atoms with E-state index in [0.29, 0.717) is 6.42 Å². The molecule has 1 amide bonds. The van der Waals surface area contributed by atoms with E-state index < -0.39 is 36.4 Å². The topological polar surface area (TPSA) is 107 Å². The summed E-state index contributed by atoms with van der Waals surface area (Å²) in [7, 11) is -1.68. The van der Waals surface area contributed by atoms with Crippen molar-refractivity contribution in [2.75, 3.05) is 0 Å². The van der Waals surface area contributed by atoms with Gasteiger partial charge in [0.1, 0.15) is 5.78 Å². The molecule has 0 rings (SSSR count). The summed E-state index contributed by atoms with van der Waals surface area (Å²) in [5, 5.41) is 31.8. The maximum absolute atomic E-state index is 12.9. The Kier molecular flexibility index (Phi) is 13.7. The number of carbonyl (C=O) groups is 2. The lowest BCUT2D eigenvalue weighted by Gasteiger charge is -2.28. The number of carbonyl (C=O) groups excluding carboxylic acids is 2. The minimum atomic E-state index is -1.68. The molecule has 0 aromatic heterocycles. The largest absolute Gasteiger partial charge is 0.475 e. The van der Waals surface area contributed by atoms with Crippen molar-refractivity contribution >= 4 is 18.8 Å². The Labute approximate surface area is 178 Å². The Morgan fingerprint density at radius 3 is 2.03 bits per heavy atom. The Morgan fingerprint density at radius 1 is 1.00 bits per heavy atom. The Balaban J connectivity index is 4.82. The fourth-order valence-corrected chi connectivity index (χ4v) is 3.50. The van der Waals surface area contributed by atoms with Gasteiger partial charge in [-0.3, -0.25) is 9.59 Å². The first-order valence-corrected chi connectivity index (χ1v) is 11.3. The third-order valence-electron chi connectivity index (χ3n) is 5.65. The van der Waals surface area contributed by atoms with E-state index in [4.69, 9.17) is 0 Å². The van der Waals surface area contributed by atoms with Crippen LogP contribution >= 0.6 is 0 Å². The molecule has 0 aliphatic heterocycles. The highest BCUT2D eigenvalue weighted by Crippen LogP contribution is 2.29. The van der Waals surface area contributed by atoms with Crippen molar-refractivity contribution in [1.82, 2.24) is 5.32 Å². The second-order valence-corrected chi connectivity index (χ2v) is 9.53. The summed E-state index contributed by atoms with van der Waals surface area (Å²) in [5.74, 6) is -2.13. The van der Waals surface area contributed by atoms with Crippen LogP contribution in [0.1, 0.15) is 99.3 Å². The summed E-state index contributed by atoms with van der Waals surface area (Å²) in [6.45, 7) is 11.3. The standard InChI is InChI=1S/C22H44BNO5/c1-7-8-9-10-11-12-13-22(5,6)19(26)15-18(17(4)25)21(27)24-20(23(28)29)14-16(2)3/h16-18,20,25,28-29H,7-15H2,1-6H3,(H,24,27)/t17-,18+,20+/m1/s1. The van der Waals surface area contributed by atoms with E-state index >= 15 is 0 Å². The fourth-order valence-electron chi connectivity index (χ4n) is 3.50. The normalized spacial score (nSPS) is 15.1. The van der Waals surface area contributed by atoms with Gasteiger partial charge in [0.2, 0.25) is 5.91 Å². The van der Waals surface area contributed by atoms with Crippen LogP contribution in [0.3, 0.4) is 0 Å². The minimum Gasteiger partial charge on any atom is -0.426 e. The molecule has 0 saturated carbocycles. The van der Waals surface area contributed by atoms with E-state index in [0.717, 1.165) is 19.3 Å². The zero-order valence-corrected chi connectivity index (χ0v) is 19.4. The molecule has 7 heteroatoms. The van der Waals surface area contributed by atoms with E-state index in [1.54, 1.807) is 0 Å². The van der Waals surface area contributed by atoms with Gasteiger partial charge < -0.3 is 20.5 Å². The number of hydrogen-bond acceptors (Lipinski definition) is 5. The Hall–Kier alpha value is -0.915. The summed E-state index contributed by atoms with van der Waals surface area (Å²) in [6, 6.07) is 0. The van der Waals surface area contributed by atoms with E-state index in [9.17, 15) is 24.7 Å². The molecule has 170 valence electrons. The molecule has 0 bridgehead atoms. The summed E-state index contributed by atoms with van der Waals surface area (Å²) < 4.78 is 0. The SMILES string of the molecule is CCCCCCCCC(C)(C)C(=O)C[C@H](C(=O)N[C@@H](CC(C)C)B(O)O)[C@@H](C)O. The molecule has 0 heterocycles. The van der Waals surface area contributed by atoms with Crippen LogP contribution < -0.4 is 5.32 Å². The van der Waals surface area contributed by atoms with E-state index in [1.807, 2.05) is 27.7 Å². The van der Waals surface area contributed by atoms with Crippen molar-refractivity contribution in [2.24, 2.45) is 17.3 Å². The van der Waals surface area contributed by atoms with Crippen molar-refractivity contribution in [3.8, 4) is 0 Å². The lowest BCUT2D eigenvalue weighted by molar-refractivity contribution is -0.136. The highest BCUT2D eigenvalue weighted by molar-refractivity contribution is 6.43. The number of aliphatic hydroxyl groups excluding tert-OH is 1. The molecule has 0 radical (unpaired) electrons. The molecule has 0 aromatic rings. The zero-order chi connectivity index (χ0) is 22.6. The quantitative estimate of drug-likeness (QED) is 0.230. The van der Waals surface area contributed by atoms with Crippen LogP contribution in [0.5, 0.6) is 0 Å². The average molecular weight is 413 g/mol. The summed E-state index contributed by atoms with van der Waals surface area (Å²) in [5.41, 5.74) is -0.550. The van der Waals surface area contributed by atoms with Crippen LogP contribution in [-0.4, -0.2) is 46.0 Å². The third-order valence-corrected chi connectivity index (χ3v) is 5.65. The van der Waals surface area contributed by atoms with Crippen molar-refractivity contribution in [2.45, 2.75) is 111 Å². The van der Waals surface area contributed by atoms with Crippen LogP contribution in [0.15, 0.2) is 0 Å². The first-order valence-electron chi connectivity index (χ1n) is 11.3. The van der Waals surface area contributed by atoms with Crippen LogP contribution in [0.25, 0.3) is 0 Å². The van der Waals surface area contributed by atoms with Crippen molar-refractivity contribution < 1.29 is 24.7 Å². The maximum Gasteiger partial charge on any atom is 0.475 e. The van der Waals surface area contributed by atoms with Gasteiger partial charge in [-0.1, -0.05) is 73.1 Å². The Morgan fingerprint density at radius 2 is 1.55 bits per heavy atom. The fraction of sp³-hybridized carbons (Fsp3) is 0.909. The summed E-state index contributed by atoms with van der Waals surface area (Å²) in [4.78, 5) is 25.5. The second-order valence-electron chi connectivity index (χ2n) is 9.53. The molecule has 0 aliphatic carbocycles. The first-order chi connectivity index (χ1) is 13.4. The van der Waals surface area contributed by atoms with E-state index in [1.165, 1.54) is 32.6 Å². The van der Waals surface area contributed by atoms with Gasteiger partial charge in [0.15, 0.2) is 0 Å². The van der Waals surface area contributed by atoms with Crippen molar-refractivity contribution in [1.29, 1.82) is 0 Å². The van der Waals surface area contributed by atoms with Gasteiger partial charge in [0.05, 0.1) is 18.0 Å². The molecule has 29 heavy (non-hydrogen) atoms. The predicted molar refractivity (Wildman–Crippen MR) is 118 cm³/mol. The molecule has 0 spiro atoms. The zero-order valence-electron chi connectivity index (χ0n) is 19.4. The molecule has 3 atom stereocenters.